The van der Waals surface area contributed by atoms with Crippen molar-refractivity contribution < 1.29 is 23.8 Å². The average molecular weight is 252 g/mol. The number of rotatable bonds is 6. The first-order valence-electron chi connectivity index (χ1n) is 5.53. The van der Waals surface area contributed by atoms with Crippen LogP contribution in [0, 0.1) is 0 Å². The molecule has 0 aliphatic heterocycles. The lowest BCUT2D eigenvalue weighted by Crippen LogP contribution is -2.16. The first-order chi connectivity index (χ1) is 8.59. The van der Waals surface area contributed by atoms with Gasteiger partial charge in [-0.2, -0.15) is 0 Å². The zero-order chi connectivity index (χ0) is 13.4. The van der Waals surface area contributed by atoms with Gasteiger partial charge in [0.25, 0.3) is 0 Å². The third-order valence-corrected chi connectivity index (χ3v) is 2.14. The van der Waals surface area contributed by atoms with Gasteiger partial charge < -0.3 is 14.2 Å². The molecular formula is C13H16O5. The van der Waals surface area contributed by atoms with E-state index in [-0.39, 0.29) is 19.4 Å². The fourth-order valence-corrected chi connectivity index (χ4v) is 1.30. The topological polar surface area (TPSA) is 61.8 Å². The summed E-state index contributed by atoms with van der Waals surface area (Å²) in [6, 6.07) is 9.28. The third kappa shape index (κ3) is 5.45. The van der Waals surface area contributed by atoms with E-state index in [9.17, 15) is 9.59 Å². The van der Waals surface area contributed by atoms with Crippen LogP contribution in [-0.4, -0.2) is 25.3 Å². The van der Waals surface area contributed by atoms with Gasteiger partial charge in [0.05, 0.1) is 0 Å². The lowest BCUT2D eigenvalue weighted by atomic mass is 10.1. The Morgan fingerprint density at radius 1 is 1.06 bits per heavy atom. The molecule has 1 rings (SSSR count). The molecule has 0 unspecified atom stereocenters. The fraction of sp³-hybridized carbons (Fsp3) is 0.385. The van der Waals surface area contributed by atoms with E-state index in [1.807, 2.05) is 30.3 Å². The highest BCUT2D eigenvalue weighted by Gasteiger charge is 2.14. The molecule has 0 fully saturated rings. The van der Waals surface area contributed by atoms with Crippen LogP contribution in [-0.2, 0) is 23.8 Å². The van der Waals surface area contributed by atoms with Crippen molar-refractivity contribution in [3.05, 3.63) is 35.9 Å². The van der Waals surface area contributed by atoms with Gasteiger partial charge in [-0.3, -0.25) is 9.59 Å². The van der Waals surface area contributed by atoms with Crippen molar-refractivity contribution in [3.63, 3.8) is 0 Å². The molecule has 0 aliphatic rings. The number of hydrogen-bond donors (Lipinski definition) is 0. The standard InChI is InChI=1S/C13H16O5/c1-10(14)16-8-13(18-9-17-11(2)15)12-6-4-3-5-7-12/h3-7,13H,8-9H2,1-2H3/t13-/m1/s1. The Bertz CT molecular complexity index is 388. The van der Waals surface area contributed by atoms with E-state index in [1.54, 1.807) is 0 Å². The molecule has 0 radical (unpaired) electrons. The van der Waals surface area contributed by atoms with Crippen molar-refractivity contribution in [2.75, 3.05) is 13.4 Å². The first-order valence-corrected chi connectivity index (χ1v) is 5.53. The summed E-state index contributed by atoms with van der Waals surface area (Å²) in [5, 5.41) is 0. The molecule has 5 heteroatoms. The van der Waals surface area contributed by atoms with Crippen LogP contribution in [0.3, 0.4) is 0 Å². The summed E-state index contributed by atoms with van der Waals surface area (Å²) >= 11 is 0. The van der Waals surface area contributed by atoms with Gasteiger partial charge in [-0.1, -0.05) is 30.3 Å². The van der Waals surface area contributed by atoms with E-state index in [2.05, 4.69) is 0 Å². The maximum absolute atomic E-state index is 10.8. The second-order valence-electron chi connectivity index (χ2n) is 3.62. The number of carbonyl (C=O) groups excluding carboxylic acids is 2. The van der Waals surface area contributed by atoms with E-state index >= 15 is 0 Å². The van der Waals surface area contributed by atoms with Gasteiger partial charge in [0.2, 0.25) is 0 Å². The van der Waals surface area contributed by atoms with Gasteiger partial charge in [0, 0.05) is 13.8 Å². The van der Waals surface area contributed by atoms with Crippen LogP contribution < -0.4 is 0 Å². The van der Waals surface area contributed by atoms with E-state index < -0.39 is 12.1 Å². The van der Waals surface area contributed by atoms with E-state index in [4.69, 9.17) is 14.2 Å². The molecule has 0 aliphatic carbocycles. The average Bonchev–Trinajstić information content (AvgIpc) is 2.34. The molecule has 0 spiro atoms. The smallest absolute Gasteiger partial charge is 0.304 e. The Hall–Kier alpha value is -1.88. The fourth-order valence-electron chi connectivity index (χ4n) is 1.30. The molecule has 1 atom stereocenters. The molecule has 0 N–H and O–H groups in total. The monoisotopic (exact) mass is 252 g/mol. The van der Waals surface area contributed by atoms with Crippen LogP contribution in [0.5, 0.6) is 0 Å². The largest absolute Gasteiger partial charge is 0.463 e. The van der Waals surface area contributed by atoms with Crippen molar-refractivity contribution in [1.29, 1.82) is 0 Å². The van der Waals surface area contributed by atoms with Crippen LogP contribution in [0.2, 0.25) is 0 Å². The van der Waals surface area contributed by atoms with Gasteiger partial charge in [0.1, 0.15) is 12.7 Å². The van der Waals surface area contributed by atoms with Crippen LogP contribution in [0.4, 0.5) is 0 Å². The Labute approximate surface area is 106 Å². The quantitative estimate of drug-likeness (QED) is 0.571. The highest BCUT2D eigenvalue weighted by molar-refractivity contribution is 5.66. The van der Waals surface area contributed by atoms with Gasteiger partial charge in [-0.05, 0) is 5.56 Å². The zero-order valence-electron chi connectivity index (χ0n) is 10.4. The van der Waals surface area contributed by atoms with Crippen molar-refractivity contribution in [2.24, 2.45) is 0 Å². The number of carbonyl (C=O) groups is 2. The van der Waals surface area contributed by atoms with Crippen molar-refractivity contribution >= 4 is 11.9 Å². The lowest BCUT2D eigenvalue weighted by molar-refractivity contribution is -0.165. The maximum atomic E-state index is 10.8. The SMILES string of the molecule is CC(=O)OCO[C@H](COC(C)=O)c1ccccc1. The van der Waals surface area contributed by atoms with E-state index in [0.717, 1.165) is 5.56 Å². The second-order valence-corrected chi connectivity index (χ2v) is 3.62. The van der Waals surface area contributed by atoms with Crippen LogP contribution in [0.1, 0.15) is 25.5 Å². The van der Waals surface area contributed by atoms with Crippen LogP contribution in [0.25, 0.3) is 0 Å². The van der Waals surface area contributed by atoms with E-state index in [0.29, 0.717) is 0 Å². The maximum Gasteiger partial charge on any atom is 0.304 e. The Morgan fingerprint density at radius 2 is 1.67 bits per heavy atom. The minimum absolute atomic E-state index is 0.0839. The summed E-state index contributed by atoms with van der Waals surface area (Å²) in [6.45, 7) is 2.54. The molecule has 1 aromatic carbocycles. The molecule has 0 amide bonds. The van der Waals surface area contributed by atoms with Gasteiger partial charge in [-0.25, -0.2) is 0 Å². The molecule has 0 bridgehead atoms. The van der Waals surface area contributed by atoms with E-state index in [1.165, 1.54) is 13.8 Å². The van der Waals surface area contributed by atoms with Crippen LogP contribution in [0.15, 0.2) is 30.3 Å². The second kappa shape index (κ2) is 7.45. The highest BCUT2D eigenvalue weighted by Crippen LogP contribution is 2.17. The minimum Gasteiger partial charge on any atom is -0.463 e. The molecular weight excluding hydrogens is 236 g/mol. The zero-order valence-corrected chi connectivity index (χ0v) is 10.4. The molecule has 98 valence electrons. The molecule has 0 saturated carbocycles. The van der Waals surface area contributed by atoms with Crippen molar-refractivity contribution in [1.82, 2.24) is 0 Å². The molecule has 18 heavy (non-hydrogen) atoms. The third-order valence-electron chi connectivity index (χ3n) is 2.14. The summed E-state index contributed by atoms with van der Waals surface area (Å²) in [5.74, 6) is -0.804. The Morgan fingerprint density at radius 3 is 2.22 bits per heavy atom. The summed E-state index contributed by atoms with van der Waals surface area (Å²) in [7, 11) is 0. The summed E-state index contributed by atoms with van der Waals surface area (Å²) in [6.07, 6.45) is -0.450. The van der Waals surface area contributed by atoms with Gasteiger partial charge in [0.15, 0.2) is 6.79 Å². The molecule has 0 heterocycles. The number of benzene rings is 1. The summed E-state index contributed by atoms with van der Waals surface area (Å²) < 4.78 is 15.0. The van der Waals surface area contributed by atoms with Crippen LogP contribution >= 0.6 is 0 Å². The normalized spacial score (nSPS) is 11.7. The van der Waals surface area contributed by atoms with Crippen molar-refractivity contribution in [2.45, 2.75) is 20.0 Å². The summed E-state index contributed by atoms with van der Waals surface area (Å²) in [4.78, 5) is 21.4. The number of ether oxygens (including phenoxy) is 3. The minimum atomic E-state index is -0.450. The Balaban J connectivity index is 2.57. The summed E-state index contributed by atoms with van der Waals surface area (Å²) in [5.41, 5.74) is 0.853. The number of esters is 2. The molecule has 0 saturated heterocycles. The lowest BCUT2D eigenvalue weighted by Gasteiger charge is -2.17. The molecule has 0 aromatic heterocycles. The van der Waals surface area contributed by atoms with Gasteiger partial charge in [-0.15, -0.1) is 0 Å². The molecule has 1 aromatic rings. The predicted molar refractivity (Wildman–Crippen MR) is 63.5 cm³/mol. The number of hydrogen-bond acceptors (Lipinski definition) is 5. The van der Waals surface area contributed by atoms with Crippen molar-refractivity contribution in [3.8, 4) is 0 Å². The molecule has 5 nitrogen and oxygen atoms in total. The van der Waals surface area contributed by atoms with Gasteiger partial charge >= 0.3 is 11.9 Å². The predicted octanol–water partition coefficient (Wildman–Crippen LogP) is 1.83. The highest BCUT2D eigenvalue weighted by atomic mass is 16.7. The first kappa shape index (κ1) is 14.2. The Kier molecular flexibility index (Phi) is 5.87.